The number of nitrogens with one attached hydrogen (secondary N) is 11. The van der Waals surface area contributed by atoms with Crippen LogP contribution in [0.5, 0.6) is 5.75 Å². The predicted molar refractivity (Wildman–Crippen MR) is 366 cm³/mol. The van der Waals surface area contributed by atoms with Crippen LogP contribution in [0.15, 0.2) is 85.1 Å². The van der Waals surface area contributed by atoms with Gasteiger partial charge in [-0.25, -0.2) is 4.79 Å². The maximum absolute atomic E-state index is 15.1. The maximum Gasteiger partial charge on any atom is 0.326 e. The van der Waals surface area contributed by atoms with Crippen LogP contribution in [0.25, 0.3) is 10.9 Å². The molecule has 540 valence electrons. The van der Waals surface area contributed by atoms with Crippen molar-refractivity contribution >= 4 is 113 Å². The van der Waals surface area contributed by atoms with Crippen molar-refractivity contribution in [1.29, 1.82) is 0 Å². The molecule has 0 unspecified atom stereocenters. The number of carboxylic acids is 2. The summed E-state index contributed by atoms with van der Waals surface area (Å²) in [7, 11) is 0. The molecule has 1 fully saturated rings. The van der Waals surface area contributed by atoms with Crippen LogP contribution in [-0.2, 0) is 81.6 Å². The largest absolute Gasteiger partial charge is 0.508 e. The molecule has 11 amide bonds. The van der Waals surface area contributed by atoms with Crippen molar-refractivity contribution in [3.63, 3.8) is 0 Å². The molecule has 4 aromatic rings. The molecule has 32 nitrogen and oxygen atoms in total. The van der Waals surface area contributed by atoms with Crippen molar-refractivity contribution < 1.29 is 87.9 Å². The van der Waals surface area contributed by atoms with Crippen molar-refractivity contribution in [3.05, 3.63) is 102 Å². The third-order valence-electron chi connectivity index (χ3n) is 16.3. The number of H-pyrrole nitrogens is 1. The van der Waals surface area contributed by atoms with Crippen molar-refractivity contribution in [1.82, 2.24) is 63.1 Å². The Morgan fingerprint density at radius 3 is 1.55 bits per heavy atom. The van der Waals surface area contributed by atoms with Crippen molar-refractivity contribution in [3.8, 4) is 5.75 Å². The molecule has 20 N–H and O–H groups in total. The SMILES string of the molecule is CC(C)[C@H](NC(=O)[C@H](CS)NC(=O)[C@H](Cc1ccc(O)cc1)NC(=O)[C@H](CCCCN)NC(=O)[C@H](Cc1c[nH]c2ccccc12)NC(=O)[C@H](Cc1ccccc1)NC(=O)[C@H](CS)NC(=O)[C@H](CCC(=O)O)NC(=O)[C@H](CO)NC(=O)[C@@H](NC(=O)[C@@H]1CCCN1C(=O)CN)[C@@H](C)O)C(=O)O. The van der Waals surface area contributed by atoms with E-state index in [0.717, 1.165) is 6.92 Å². The molecule has 34 heteroatoms. The lowest BCUT2D eigenvalue weighted by atomic mass is 10.0. The van der Waals surface area contributed by atoms with Crippen LogP contribution >= 0.6 is 25.3 Å². The van der Waals surface area contributed by atoms with Crippen molar-refractivity contribution in [2.75, 3.05) is 37.7 Å². The number of phenolic OH excluding ortho intramolecular Hbond substituents is 1. The molecule has 2 heterocycles. The first-order valence-electron chi connectivity index (χ1n) is 32.2. The van der Waals surface area contributed by atoms with Crippen LogP contribution in [0.1, 0.15) is 82.4 Å². The summed E-state index contributed by atoms with van der Waals surface area (Å²) in [6.45, 7) is 3.17. The number of carbonyl (C=O) groups excluding carboxylic acids is 11. The fourth-order valence-corrected chi connectivity index (χ4v) is 11.3. The monoisotopic (exact) mass is 1420 g/mol. The lowest BCUT2D eigenvalue weighted by molar-refractivity contribution is -0.143. The van der Waals surface area contributed by atoms with Gasteiger partial charge in [-0.15, -0.1) is 0 Å². The van der Waals surface area contributed by atoms with Gasteiger partial charge in [0.15, 0.2) is 0 Å². The van der Waals surface area contributed by atoms with Crippen LogP contribution in [0.2, 0.25) is 0 Å². The van der Waals surface area contributed by atoms with Gasteiger partial charge in [0, 0.05) is 60.8 Å². The Labute approximate surface area is 581 Å². The minimum absolute atomic E-state index is 0.0702. The smallest absolute Gasteiger partial charge is 0.326 e. The summed E-state index contributed by atoms with van der Waals surface area (Å²) in [4.78, 5) is 182. The zero-order valence-corrected chi connectivity index (χ0v) is 56.7. The van der Waals surface area contributed by atoms with Gasteiger partial charge < -0.3 is 100 Å². The molecule has 1 aliphatic rings. The van der Waals surface area contributed by atoms with Gasteiger partial charge >= 0.3 is 11.9 Å². The number of likely N-dealkylation sites (tertiary alicyclic amines) is 1. The first-order valence-corrected chi connectivity index (χ1v) is 33.5. The summed E-state index contributed by atoms with van der Waals surface area (Å²) in [5.74, 6) is -14.7. The molecule has 0 bridgehead atoms. The Morgan fingerprint density at radius 1 is 0.556 bits per heavy atom. The number of carboxylic acid groups (broad SMARTS) is 2. The first kappa shape index (κ1) is 80.3. The number of unbranched alkanes of at least 4 members (excludes halogenated alkanes) is 1. The summed E-state index contributed by atoms with van der Waals surface area (Å²) in [5.41, 5.74) is 13.5. The molecule has 0 aliphatic carbocycles. The molecule has 0 radical (unpaired) electrons. The molecule has 1 aliphatic heterocycles. The zero-order valence-electron chi connectivity index (χ0n) is 54.9. The van der Waals surface area contributed by atoms with Crippen LogP contribution < -0.4 is 64.6 Å². The summed E-state index contributed by atoms with van der Waals surface area (Å²) in [6.07, 6.45) is -0.847. The number of nitrogens with zero attached hydrogens (tertiary/aromatic N) is 1. The molecule has 99 heavy (non-hydrogen) atoms. The third-order valence-corrected chi connectivity index (χ3v) is 17.0. The summed E-state index contributed by atoms with van der Waals surface area (Å²) in [6, 6.07) is 4.13. The number of aromatic hydroxyl groups is 1. The molecular formula is C65H90N14O18S2. The quantitative estimate of drug-likeness (QED) is 0.0153. The number of aromatic nitrogens is 1. The second-order valence-corrected chi connectivity index (χ2v) is 24.9. The minimum Gasteiger partial charge on any atom is -0.508 e. The van der Waals surface area contributed by atoms with E-state index in [2.05, 4.69) is 83.4 Å². The van der Waals surface area contributed by atoms with E-state index in [1.807, 2.05) is 0 Å². The average Bonchev–Trinajstić information content (AvgIpc) is 1.73. The number of hydrogen-bond acceptors (Lipinski definition) is 20. The predicted octanol–water partition coefficient (Wildman–Crippen LogP) is -3.33. The number of amides is 11. The van der Waals surface area contributed by atoms with Crippen molar-refractivity contribution in [2.45, 2.75) is 158 Å². The van der Waals surface area contributed by atoms with E-state index in [0.29, 0.717) is 40.4 Å². The van der Waals surface area contributed by atoms with Gasteiger partial charge in [-0.1, -0.05) is 74.5 Å². The Morgan fingerprint density at radius 2 is 1.03 bits per heavy atom. The van der Waals surface area contributed by atoms with E-state index in [1.165, 1.54) is 29.2 Å². The Bertz CT molecular complexity index is 3460. The van der Waals surface area contributed by atoms with E-state index in [9.17, 15) is 78.3 Å². The molecule has 0 saturated carbocycles. The van der Waals surface area contributed by atoms with Crippen LogP contribution in [0.3, 0.4) is 0 Å². The first-order chi connectivity index (χ1) is 47.1. The molecule has 5 rings (SSSR count). The molecule has 0 spiro atoms. The molecule has 1 aromatic heterocycles. The highest BCUT2D eigenvalue weighted by molar-refractivity contribution is 7.80. The number of nitrogens with two attached hydrogens (primary N) is 2. The minimum atomic E-state index is -1.89. The van der Waals surface area contributed by atoms with E-state index in [4.69, 9.17) is 11.5 Å². The van der Waals surface area contributed by atoms with Gasteiger partial charge in [0.1, 0.15) is 72.2 Å². The molecule has 12 atom stereocenters. The number of fused-ring (bicyclic) bond motifs is 1. The molecule has 3 aromatic carbocycles. The summed E-state index contributed by atoms with van der Waals surface area (Å²) in [5, 5.41) is 75.9. The fourth-order valence-electron chi connectivity index (χ4n) is 10.8. The van der Waals surface area contributed by atoms with E-state index < -0.39 is 187 Å². The highest BCUT2D eigenvalue weighted by atomic mass is 32.1. The zero-order chi connectivity index (χ0) is 73.0. The van der Waals surface area contributed by atoms with Gasteiger partial charge in [0.2, 0.25) is 65.0 Å². The average molecular weight is 1420 g/mol. The number of benzene rings is 3. The number of rotatable bonds is 40. The maximum atomic E-state index is 15.1. The standard InChI is InChI=1S/C65H90N14O18S2/c1-34(2)53(65(96)97)77-62(93)49(33-99)76-58(89)45(27-37-18-20-39(82)21-19-37)71-55(86)42(16-9-10-24-66)69-59(90)46(28-38-30-68-41-15-8-7-14-40(38)41)73-57(88)44(26-36-12-5-4-6-13-36)72-61(92)48(32-98)75-56(87)43(22-23-52(84)85)70-60(91)47(31-80)74-64(95)54(35(3)81)78-63(94)50-17-11-25-79(50)51(83)29-67/h4-8,12-15,18-21,30,34-35,42-50,53-54,68,80-82,98-99H,9-11,16-17,22-29,31-33,66-67H2,1-3H3,(H,69,90)(H,70,91)(H,71,86)(H,72,92)(H,73,88)(H,74,95)(H,75,87)(H,76,89)(H,77,93)(H,78,94)(H,84,85)(H,96,97)/t35-,42+,43+,44+,45+,46+,47+,48+,49+,50+,53+,54+/m1/s1. The summed E-state index contributed by atoms with van der Waals surface area (Å²) >= 11 is 8.53. The van der Waals surface area contributed by atoms with Crippen LogP contribution in [0.4, 0.5) is 0 Å². The van der Waals surface area contributed by atoms with Gasteiger partial charge in [-0.2, -0.15) is 25.3 Å². The fraction of sp³-hybridized carbons (Fsp3) is 0.492. The number of hydrogen-bond donors (Lipinski definition) is 20. The Hall–Kier alpha value is -9.35. The number of aromatic amines is 1. The lowest BCUT2D eigenvalue weighted by Gasteiger charge is -2.29. The second kappa shape index (κ2) is 39.9. The van der Waals surface area contributed by atoms with E-state index in [-0.39, 0.29) is 63.1 Å². The molecule has 1 saturated heterocycles. The van der Waals surface area contributed by atoms with Crippen LogP contribution in [-0.4, -0.2) is 223 Å². The topological polar surface area (TPSA) is 514 Å². The van der Waals surface area contributed by atoms with Gasteiger partial charge in [0.25, 0.3) is 0 Å². The number of aliphatic carboxylic acids is 2. The number of para-hydroxylation sites is 1. The van der Waals surface area contributed by atoms with Crippen molar-refractivity contribution in [2.24, 2.45) is 17.4 Å². The highest BCUT2D eigenvalue weighted by Crippen LogP contribution is 2.22. The third kappa shape index (κ3) is 24.6. The van der Waals surface area contributed by atoms with E-state index >= 15 is 9.59 Å². The number of carbonyl (C=O) groups is 13. The number of aliphatic hydroxyl groups excluding tert-OH is 2. The molecular weight excluding hydrogens is 1330 g/mol. The van der Waals surface area contributed by atoms with Gasteiger partial charge in [0.05, 0.1) is 19.3 Å². The lowest BCUT2D eigenvalue weighted by Crippen LogP contribution is -2.62. The second-order valence-electron chi connectivity index (χ2n) is 24.1. The Balaban J connectivity index is 1.41. The van der Waals surface area contributed by atoms with Gasteiger partial charge in [-0.05, 0) is 92.8 Å². The normalized spacial score (nSPS) is 16.1. The van der Waals surface area contributed by atoms with Crippen LogP contribution in [0, 0.1) is 5.92 Å². The van der Waals surface area contributed by atoms with Gasteiger partial charge in [-0.3, -0.25) is 57.5 Å². The highest BCUT2D eigenvalue weighted by Gasteiger charge is 2.40. The Kier molecular flexibility index (Phi) is 32.4. The number of phenols is 1. The number of aliphatic hydroxyl groups is 2. The summed E-state index contributed by atoms with van der Waals surface area (Å²) < 4.78 is 0. The van der Waals surface area contributed by atoms with E-state index in [1.54, 1.807) is 74.6 Å². The number of thiol groups is 2.